The zero-order valence-corrected chi connectivity index (χ0v) is 10.1. The van der Waals surface area contributed by atoms with Crippen LogP contribution in [-0.2, 0) is 14.6 Å². The number of nitrogens with zero attached hydrogens (tertiary/aromatic N) is 1. The van der Waals surface area contributed by atoms with E-state index < -0.39 is 10.4 Å². The number of allylic oxidation sites excluding steroid dienone is 1. The Morgan fingerprint density at radius 3 is 2.44 bits per heavy atom. The molecular formula is C10H15NO4S. The zero-order chi connectivity index (χ0) is 12.6. The Morgan fingerprint density at radius 2 is 2.12 bits per heavy atom. The van der Waals surface area contributed by atoms with Crippen molar-refractivity contribution in [1.82, 2.24) is 4.98 Å². The Hall–Kier alpha value is -1.24. The van der Waals surface area contributed by atoms with Crippen LogP contribution in [0, 0.1) is 0 Å². The standard InChI is InChI=1S/C9H11N.CH4O4S/c1-3-8(2)9-6-4-5-7-10-9;1-5-6(2,3)4/h4-7H,2-3H2,1H3;1H3,(H,2,3,4). The normalized spacial score (nSPS) is 10.2. The molecule has 1 heterocycles. The van der Waals surface area contributed by atoms with Crippen LogP contribution in [0.1, 0.15) is 19.0 Å². The molecule has 0 atom stereocenters. The molecule has 0 amide bonds. The lowest BCUT2D eigenvalue weighted by Gasteiger charge is -1.98. The Balaban J connectivity index is 0.000000325. The number of hydrogen-bond acceptors (Lipinski definition) is 4. The second-order valence-corrected chi connectivity index (χ2v) is 3.96. The second-order valence-electron chi connectivity index (χ2n) is 2.77. The molecule has 0 aliphatic heterocycles. The first kappa shape index (κ1) is 14.8. The minimum Gasteiger partial charge on any atom is -0.264 e. The van der Waals surface area contributed by atoms with Crippen molar-refractivity contribution in [1.29, 1.82) is 0 Å². The summed E-state index contributed by atoms with van der Waals surface area (Å²) < 4.78 is 29.7. The van der Waals surface area contributed by atoms with Crippen molar-refractivity contribution in [3.63, 3.8) is 0 Å². The topological polar surface area (TPSA) is 76.5 Å². The first-order chi connectivity index (χ1) is 7.40. The van der Waals surface area contributed by atoms with E-state index in [1.807, 2.05) is 18.2 Å². The molecule has 1 N–H and O–H groups in total. The SMILES string of the molecule is C=C(CC)c1ccccn1.COS(=O)(=O)O. The highest BCUT2D eigenvalue weighted by Crippen LogP contribution is 2.10. The summed E-state index contributed by atoms with van der Waals surface area (Å²) in [7, 11) is -3.29. The molecule has 90 valence electrons. The zero-order valence-electron chi connectivity index (χ0n) is 9.25. The van der Waals surface area contributed by atoms with Gasteiger partial charge in [-0.15, -0.1) is 0 Å². The van der Waals surface area contributed by atoms with Crippen molar-refractivity contribution >= 4 is 16.0 Å². The van der Waals surface area contributed by atoms with Crippen LogP contribution in [0.2, 0.25) is 0 Å². The molecule has 0 aliphatic carbocycles. The fourth-order valence-corrected chi connectivity index (χ4v) is 0.753. The van der Waals surface area contributed by atoms with Gasteiger partial charge in [-0.05, 0) is 24.1 Å². The molecule has 0 fully saturated rings. The quantitative estimate of drug-likeness (QED) is 0.823. The average Bonchev–Trinajstić information content (AvgIpc) is 2.29. The molecule has 0 saturated carbocycles. The van der Waals surface area contributed by atoms with Crippen molar-refractivity contribution in [3.8, 4) is 0 Å². The van der Waals surface area contributed by atoms with E-state index in [-0.39, 0.29) is 0 Å². The van der Waals surface area contributed by atoms with Gasteiger partial charge in [-0.2, -0.15) is 8.42 Å². The fourth-order valence-electron chi connectivity index (χ4n) is 0.753. The maximum atomic E-state index is 9.33. The van der Waals surface area contributed by atoms with Crippen molar-refractivity contribution in [2.24, 2.45) is 0 Å². The molecule has 16 heavy (non-hydrogen) atoms. The van der Waals surface area contributed by atoms with E-state index in [9.17, 15) is 8.42 Å². The van der Waals surface area contributed by atoms with Crippen LogP contribution >= 0.6 is 0 Å². The Kier molecular flexibility index (Phi) is 6.55. The molecule has 5 nitrogen and oxygen atoms in total. The summed E-state index contributed by atoms with van der Waals surface area (Å²) in [6.07, 6.45) is 2.76. The smallest absolute Gasteiger partial charge is 0.264 e. The summed E-state index contributed by atoms with van der Waals surface area (Å²) in [6, 6.07) is 5.86. The van der Waals surface area contributed by atoms with E-state index in [4.69, 9.17) is 4.55 Å². The first-order valence-electron chi connectivity index (χ1n) is 4.53. The van der Waals surface area contributed by atoms with Crippen molar-refractivity contribution < 1.29 is 17.2 Å². The summed E-state index contributed by atoms with van der Waals surface area (Å²) in [5.41, 5.74) is 2.10. The molecular weight excluding hydrogens is 230 g/mol. The van der Waals surface area contributed by atoms with Crippen LogP contribution in [-0.4, -0.2) is 25.1 Å². The third kappa shape index (κ3) is 7.10. The fraction of sp³-hybridized carbons (Fsp3) is 0.300. The van der Waals surface area contributed by atoms with Crippen LogP contribution in [0.5, 0.6) is 0 Å². The third-order valence-electron chi connectivity index (χ3n) is 1.66. The summed E-state index contributed by atoms with van der Waals surface area (Å²) in [4.78, 5) is 4.15. The van der Waals surface area contributed by atoms with Gasteiger partial charge >= 0.3 is 10.4 Å². The predicted octanol–water partition coefficient (Wildman–Crippen LogP) is 1.94. The highest BCUT2D eigenvalue weighted by atomic mass is 32.3. The van der Waals surface area contributed by atoms with Gasteiger partial charge in [-0.3, -0.25) is 13.7 Å². The van der Waals surface area contributed by atoms with E-state index in [1.165, 1.54) is 0 Å². The van der Waals surface area contributed by atoms with Gasteiger partial charge in [-0.25, -0.2) is 0 Å². The number of rotatable bonds is 3. The molecule has 1 aromatic rings. The molecule has 0 aromatic carbocycles. The molecule has 0 radical (unpaired) electrons. The van der Waals surface area contributed by atoms with E-state index in [0.717, 1.165) is 24.8 Å². The van der Waals surface area contributed by atoms with Crippen LogP contribution in [0.3, 0.4) is 0 Å². The monoisotopic (exact) mass is 245 g/mol. The second kappa shape index (κ2) is 7.10. The van der Waals surface area contributed by atoms with Gasteiger partial charge in [0.2, 0.25) is 0 Å². The lowest BCUT2D eigenvalue weighted by molar-refractivity contribution is 0.324. The maximum absolute atomic E-state index is 9.33. The lowest BCUT2D eigenvalue weighted by atomic mass is 10.1. The Morgan fingerprint density at radius 1 is 1.56 bits per heavy atom. The van der Waals surface area contributed by atoms with E-state index in [0.29, 0.717) is 0 Å². The van der Waals surface area contributed by atoms with Gasteiger partial charge in [-0.1, -0.05) is 19.6 Å². The Bertz CT molecular complexity index is 414. The molecule has 1 aromatic heterocycles. The predicted molar refractivity (Wildman–Crippen MR) is 62.1 cm³/mol. The van der Waals surface area contributed by atoms with Crippen LogP contribution < -0.4 is 0 Å². The number of hydrogen-bond donors (Lipinski definition) is 1. The van der Waals surface area contributed by atoms with Crippen LogP contribution in [0.25, 0.3) is 5.57 Å². The maximum Gasteiger partial charge on any atom is 0.397 e. The third-order valence-corrected chi connectivity index (χ3v) is 2.09. The van der Waals surface area contributed by atoms with Crippen molar-refractivity contribution in [2.75, 3.05) is 7.11 Å². The van der Waals surface area contributed by atoms with E-state index >= 15 is 0 Å². The highest BCUT2D eigenvalue weighted by molar-refractivity contribution is 7.80. The van der Waals surface area contributed by atoms with Gasteiger partial charge in [0.1, 0.15) is 0 Å². The van der Waals surface area contributed by atoms with Crippen molar-refractivity contribution in [3.05, 3.63) is 36.7 Å². The molecule has 0 bridgehead atoms. The highest BCUT2D eigenvalue weighted by Gasteiger charge is 1.94. The molecule has 0 saturated heterocycles. The number of pyridine rings is 1. The Labute approximate surface area is 95.7 Å². The number of aromatic nitrogens is 1. The largest absolute Gasteiger partial charge is 0.397 e. The summed E-state index contributed by atoms with van der Waals surface area (Å²) >= 11 is 0. The van der Waals surface area contributed by atoms with Gasteiger partial charge in [0.05, 0.1) is 12.8 Å². The van der Waals surface area contributed by atoms with Gasteiger partial charge in [0.25, 0.3) is 0 Å². The molecule has 6 heteroatoms. The van der Waals surface area contributed by atoms with E-state index in [1.54, 1.807) is 6.20 Å². The summed E-state index contributed by atoms with van der Waals surface area (Å²) in [5, 5.41) is 0. The van der Waals surface area contributed by atoms with Gasteiger partial charge in [0, 0.05) is 6.20 Å². The summed E-state index contributed by atoms with van der Waals surface area (Å²) in [6.45, 7) is 5.96. The summed E-state index contributed by atoms with van der Waals surface area (Å²) in [5.74, 6) is 0. The molecule has 0 aliphatic rings. The molecule has 1 rings (SSSR count). The minimum atomic E-state index is -4.16. The van der Waals surface area contributed by atoms with Crippen LogP contribution in [0.4, 0.5) is 0 Å². The van der Waals surface area contributed by atoms with Crippen LogP contribution in [0.15, 0.2) is 31.0 Å². The average molecular weight is 245 g/mol. The van der Waals surface area contributed by atoms with Crippen molar-refractivity contribution in [2.45, 2.75) is 13.3 Å². The van der Waals surface area contributed by atoms with Gasteiger partial charge in [0.15, 0.2) is 0 Å². The molecule has 0 unspecified atom stereocenters. The van der Waals surface area contributed by atoms with E-state index in [2.05, 4.69) is 22.7 Å². The first-order valence-corrected chi connectivity index (χ1v) is 5.89. The molecule has 0 spiro atoms. The van der Waals surface area contributed by atoms with Gasteiger partial charge < -0.3 is 0 Å². The lowest BCUT2D eigenvalue weighted by Crippen LogP contribution is -1.96. The minimum absolute atomic E-state index is 0.870.